The smallest absolute Gasteiger partial charge is 0.134 e. The van der Waals surface area contributed by atoms with Crippen LogP contribution in [0.3, 0.4) is 0 Å². The maximum Gasteiger partial charge on any atom is 0.134 e. The van der Waals surface area contributed by atoms with Gasteiger partial charge in [0, 0.05) is 19.2 Å². The highest BCUT2D eigenvalue weighted by atomic mass is 16.5. The number of nitrogen functional groups attached to an aromatic ring is 1. The van der Waals surface area contributed by atoms with E-state index in [0.717, 1.165) is 31.0 Å². The Balaban J connectivity index is 1.57. The molecule has 0 unspecified atom stereocenters. The van der Waals surface area contributed by atoms with Crippen molar-refractivity contribution in [2.24, 2.45) is 0 Å². The summed E-state index contributed by atoms with van der Waals surface area (Å²) in [7, 11) is 0. The summed E-state index contributed by atoms with van der Waals surface area (Å²) in [5.74, 6) is 1.34. The van der Waals surface area contributed by atoms with Crippen molar-refractivity contribution in [1.82, 2.24) is 25.0 Å². The molecule has 4 heterocycles. The zero-order chi connectivity index (χ0) is 13.5. The van der Waals surface area contributed by atoms with Crippen molar-refractivity contribution in [3.05, 3.63) is 24.3 Å². The third kappa shape index (κ3) is 1.80. The van der Waals surface area contributed by atoms with Crippen molar-refractivity contribution in [2.45, 2.75) is 25.2 Å². The van der Waals surface area contributed by atoms with Gasteiger partial charge in [0.25, 0.3) is 0 Å². The van der Waals surface area contributed by atoms with E-state index in [2.05, 4.69) is 25.2 Å². The molecule has 2 aliphatic rings. The fraction of sp³-hybridized carbons (Fsp3) is 0.500. The molecule has 2 aromatic heterocycles. The predicted octanol–water partition coefficient (Wildman–Crippen LogP) is 0.000500. The molecule has 0 radical (unpaired) electrons. The summed E-state index contributed by atoms with van der Waals surface area (Å²) in [6.45, 7) is 2.23. The van der Waals surface area contributed by atoms with Gasteiger partial charge in [-0.2, -0.15) is 0 Å². The standard InChI is InChI=1S/C12H15N7O/c13-11-3-12(15-7-14-11)18-2-1-9-10(5-18)20-6-8-4-16-17-19(8)9/h3-4,7,9-10H,1-2,5-6H2,(H2,13,14,15)/t9-,10-/m0/s1. The number of fused-ring (bicyclic) bond motifs is 3. The minimum absolute atomic E-state index is 0.106. The molecule has 20 heavy (non-hydrogen) atoms. The van der Waals surface area contributed by atoms with Crippen molar-refractivity contribution in [1.29, 1.82) is 0 Å². The van der Waals surface area contributed by atoms with E-state index in [4.69, 9.17) is 10.5 Å². The summed E-state index contributed by atoms with van der Waals surface area (Å²) >= 11 is 0. The van der Waals surface area contributed by atoms with Crippen LogP contribution in [0.5, 0.6) is 0 Å². The average Bonchev–Trinajstić information content (AvgIpc) is 2.95. The number of aromatic nitrogens is 5. The Kier molecular flexibility index (Phi) is 2.56. The van der Waals surface area contributed by atoms with Crippen molar-refractivity contribution < 1.29 is 4.74 Å². The quantitative estimate of drug-likeness (QED) is 0.781. The Morgan fingerprint density at radius 1 is 1.35 bits per heavy atom. The largest absolute Gasteiger partial charge is 0.384 e. The molecule has 0 spiro atoms. The lowest BCUT2D eigenvalue weighted by Gasteiger charge is -2.41. The normalized spacial score (nSPS) is 25.1. The molecule has 4 rings (SSSR count). The fourth-order valence-corrected chi connectivity index (χ4v) is 2.93. The lowest BCUT2D eigenvalue weighted by Crippen LogP contribution is -2.48. The van der Waals surface area contributed by atoms with E-state index in [9.17, 15) is 0 Å². The molecular weight excluding hydrogens is 258 g/mol. The summed E-state index contributed by atoms with van der Waals surface area (Å²) in [4.78, 5) is 10.4. The van der Waals surface area contributed by atoms with Crippen LogP contribution >= 0.6 is 0 Å². The summed E-state index contributed by atoms with van der Waals surface area (Å²) in [5.41, 5.74) is 6.76. The van der Waals surface area contributed by atoms with Crippen LogP contribution in [-0.4, -0.2) is 44.2 Å². The second-order valence-electron chi connectivity index (χ2n) is 5.12. The first-order valence-corrected chi connectivity index (χ1v) is 6.64. The summed E-state index contributed by atoms with van der Waals surface area (Å²) < 4.78 is 7.93. The molecule has 0 saturated carbocycles. The van der Waals surface area contributed by atoms with Gasteiger partial charge in [0.15, 0.2) is 0 Å². The number of nitrogens with zero attached hydrogens (tertiary/aromatic N) is 6. The fourth-order valence-electron chi connectivity index (χ4n) is 2.93. The SMILES string of the molecule is Nc1cc(N2CC[C@H]3[C@H](C2)OCc2cnnn23)ncn1. The molecule has 0 aromatic carbocycles. The lowest BCUT2D eigenvalue weighted by atomic mass is 10.0. The van der Waals surface area contributed by atoms with E-state index in [1.807, 2.05) is 4.68 Å². The van der Waals surface area contributed by atoms with Crippen molar-refractivity contribution >= 4 is 11.6 Å². The summed E-state index contributed by atoms with van der Waals surface area (Å²) in [6, 6.07) is 2.06. The first kappa shape index (κ1) is 11.6. The maximum atomic E-state index is 5.93. The van der Waals surface area contributed by atoms with Crippen LogP contribution in [0.25, 0.3) is 0 Å². The molecule has 2 atom stereocenters. The van der Waals surface area contributed by atoms with Gasteiger partial charge in [0.05, 0.1) is 30.6 Å². The molecular formula is C12H15N7O. The minimum atomic E-state index is 0.106. The molecule has 0 aliphatic carbocycles. The molecule has 1 saturated heterocycles. The molecule has 8 heteroatoms. The van der Waals surface area contributed by atoms with Crippen LogP contribution < -0.4 is 10.6 Å². The first-order valence-electron chi connectivity index (χ1n) is 6.64. The number of ether oxygens (including phenoxy) is 1. The van der Waals surface area contributed by atoms with Gasteiger partial charge in [-0.25, -0.2) is 14.6 Å². The monoisotopic (exact) mass is 273 g/mol. The van der Waals surface area contributed by atoms with Crippen LogP contribution in [-0.2, 0) is 11.3 Å². The van der Waals surface area contributed by atoms with Gasteiger partial charge in [0.1, 0.15) is 18.0 Å². The molecule has 2 N–H and O–H groups in total. The van der Waals surface area contributed by atoms with Crippen molar-refractivity contribution in [3.63, 3.8) is 0 Å². The van der Waals surface area contributed by atoms with E-state index in [-0.39, 0.29) is 12.1 Å². The lowest BCUT2D eigenvalue weighted by molar-refractivity contribution is -0.0335. The second-order valence-corrected chi connectivity index (χ2v) is 5.12. The molecule has 2 aliphatic heterocycles. The Morgan fingerprint density at radius 3 is 3.20 bits per heavy atom. The number of rotatable bonds is 1. The van der Waals surface area contributed by atoms with Gasteiger partial charge in [-0.1, -0.05) is 5.21 Å². The van der Waals surface area contributed by atoms with Crippen LogP contribution in [0.1, 0.15) is 18.2 Å². The topological polar surface area (TPSA) is 95.0 Å². The minimum Gasteiger partial charge on any atom is -0.384 e. The van der Waals surface area contributed by atoms with Crippen molar-refractivity contribution in [2.75, 3.05) is 23.7 Å². The molecule has 8 nitrogen and oxygen atoms in total. The summed E-state index contributed by atoms with van der Waals surface area (Å²) in [5, 5.41) is 8.14. The van der Waals surface area contributed by atoms with Crippen LogP contribution in [0.15, 0.2) is 18.6 Å². The van der Waals surface area contributed by atoms with E-state index >= 15 is 0 Å². The zero-order valence-corrected chi connectivity index (χ0v) is 10.9. The van der Waals surface area contributed by atoms with Gasteiger partial charge in [-0.15, -0.1) is 5.10 Å². The van der Waals surface area contributed by atoms with Gasteiger partial charge < -0.3 is 15.4 Å². The maximum absolute atomic E-state index is 5.93. The Labute approximate surface area is 115 Å². The molecule has 1 fully saturated rings. The highest BCUT2D eigenvalue weighted by Crippen LogP contribution is 2.31. The Bertz CT molecular complexity index is 628. The molecule has 104 valence electrons. The second kappa shape index (κ2) is 4.41. The predicted molar refractivity (Wildman–Crippen MR) is 70.9 cm³/mol. The van der Waals surface area contributed by atoms with E-state index in [1.54, 1.807) is 12.3 Å². The van der Waals surface area contributed by atoms with Crippen LogP contribution in [0.2, 0.25) is 0 Å². The molecule has 2 aromatic rings. The van der Waals surface area contributed by atoms with Gasteiger partial charge in [0.2, 0.25) is 0 Å². The van der Waals surface area contributed by atoms with E-state index in [0.29, 0.717) is 12.4 Å². The van der Waals surface area contributed by atoms with Crippen LogP contribution in [0.4, 0.5) is 11.6 Å². The third-order valence-corrected chi connectivity index (χ3v) is 3.93. The number of anilines is 2. The zero-order valence-electron chi connectivity index (χ0n) is 10.9. The summed E-state index contributed by atoms with van der Waals surface area (Å²) in [6.07, 6.45) is 4.32. The first-order chi connectivity index (χ1) is 9.81. The van der Waals surface area contributed by atoms with Gasteiger partial charge >= 0.3 is 0 Å². The average molecular weight is 273 g/mol. The number of piperidine rings is 1. The van der Waals surface area contributed by atoms with Gasteiger partial charge in [-0.05, 0) is 6.42 Å². The molecule has 0 bridgehead atoms. The number of nitrogens with two attached hydrogens (primary N) is 1. The highest BCUT2D eigenvalue weighted by molar-refractivity contribution is 5.46. The molecule has 0 amide bonds. The highest BCUT2D eigenvalue weighted by Gasteiger charge is 2.36. The van der Waals surface area contributed by atoms with E-state index < -0.39 is 0 Å². The van der Waals surface area contributed by atoms with Gasteiger partial charge in [-0.3, -0.25) is 0 Å². The number of hydrogen-bond acceptors (Lipinski definition) is 7. The van der Waals surface area contributed by atoms with Crippen molar-refractivity contribution in [3.8, 4) is 0 Å². The Hall–Kier alpha value is -2.22. The number of hydrogen-bond donors (Lipinski definition) is 1. The van der Waals surface area contributed by atoms with E-state index in [1.165, 1.54) is 6.33 Å². The Morgan fingerprint density at radius 2 is 2.30 bits per heavy atom. The van der Waals surface area contributed by atoms with Crippen LogP contribution in [0, 0.1) is 0 Å². The third-order valence-electron chi connectivity index (χ3n) is 3.93.